The van der Waals surface area contributed by atoms with E-state index in [9.17, 15) is 4.79 Å². The Balaban J connectivity index is 1.88. The maximum Gasteiger partial charge on any atom is 0.226 e. The lowest BCUT2D eigenvalue weighted by atomic mass is 9.94. The summed E-state index contributed by atoms with van der Waals surface area (Å²) in [7, 11) is 0. The predicted molar refractivity (Wildman–Crippen MR) is 82.6 cm³/mol. The number of alkyl halides is 1. The number of aryl methyl sites for hydroxylation is 1. The number of halogens is 1. The van der Waals surface area contributed by atoms with E-state index >= 15 is 0 Å². The van der Waals surface area contributed by atoms with E-state index in [0.717, 1.165) is 31.5 Å². The smallest absolute Gasteiger partial charge is 0.226 e. The van der Waals surface area contributed by atoms with Crippen LogP contribution in [0.25, 0.3) is 0 Å². The van der Waals surface area contributed by atoms with Crippen LogP contribution in [0.1, 0.15) is 30.9 Å². The van der Waals surface area contributed by atoms with Crippen molar-refractivity contribution in [2.45, 2.75) is 37.9 Å². The highest BCUT2D eigenvalue weighted by Crippen LogP contribution is 2.25. The average molecular weight is 324 g/mol. The minimum atomic E-state index is 0.270. The summed E-state index contributed by atoms with van der Waals surface area (Å²) in [6.07, 6.45) is 2.77. The Hall–Kier alpha value is -0.830. The molecule has 1 saturated heterocycles. The van der Waals surface area contributed by atoms with Crippen LogP contribution in [0.2, 0.25) is 0 Å². The summed E-state index contributed by atoms with van der Waals surface area (Å²) >= 11 is 3.65. The number of piperidine rings is 1. The van der Waals surface area contributed by atoms with E-state index in [4.69, 9.17) is 0 Å². The second kappa shape index (κ2) is 6.56. The van der Waals surface area contributed by atoms with Gasteiger partial charge in [0.1, 0.15) is 0 Å². The quantitative estimate of drug-likeness (QED) is 0.779. The van der Waals surface area contributed by atoms with Crippen molar-refractivity contribution in [3.8, 4) is 0 Å². The van der Waals surface area contributed by atoms with Crippen LogP contribution in [0, 0.1) is 12.8 Å². The maximum absolute atomic E-state index is 12.3. The molecule has 0 N–H and O–H groups in total. The number of benzene rings is 1. The van der Waals surface area contributed by atoms with Gasteiger partial charge in [-0.1, -0.05) is 52.7 Å². The van der Waals surface area contributed by atoms with Crippen molar-refractivity contribution >= 4 is 21.8 Å². The van der Waals surface area contributed by atoms with Gasteiger partial charge in [-0.25, -0.2) is 0 Å². The van der Waals surface area contributed by atoms with E-state index in [-0.39, 0.29) is 5.91 Å². The first-order chi connectivity index (χ1) is 9.06. The summed E-state index contributed by atoms with van der Waals surface area (Å²) in [6, 6.07) is 8.23. The van der Waals surface area contributed by atoms with Crippen LogP contribution in [0.3, 0.4) is 0 Å². The number of hydrogen-bond acceptors (Lipinski definition) is 1. The zero-order chi connectivity index (χ0) is 13.8. The molecule has 1 aliphatic rings. The Labute approximate surface area is 124 Å². The highest BCUT2D eigenvalue weighted by molar-refractivity contribution is 9.09. The molecule has 104 valence electrons. The Morgan fingerprint density at radius 2 is 2.11 bits per heavy atom. The monoisotopic (exact) mass is 323 g/mol. The van der Waals surface area contributed by atoms with Crippen molar-refractivity contribution < 1.29 is 4.79 Å². The molecule has 0 aromatic heterocycles. The van der Waals surface area contributed by atoms with Crippen LogP contribution in [0.4, 0.5) is 0 Å². The molecule has 1 aromatic carbocycles. The molecule has 1 amide bonds. The summed E-state index contributed by atoms with van der Waals surface area (Å²) in [5, 5.41) is 0. The number of carbonyl (C=O) groups is 1. The zero-order valence-corrected chi connectivity index (χ0v) is 13.3. The van der Waals surface area contributed by atoms with Crippen LogP contribution in [-0.2, 0) is 11.2 Å². The highest BCUT2D eigenvalue weighted by atomic mass is 79.9. The highest BCUT2D eigenvalue weighted by Gasteiger charge is 2.25. The first-order valence-electron chi connectivity index (χ1n) is 7.03. The molecule has 2 nitrogen and oxygen atoms in total. The van der Waals surface area contributed by atoms with Gasteiger partial charge in [-0.3, -0.25) is 4.79 Å². The van der Waals surface area contributed by atoms with Gasteiger partial charge in [0.25, 0.3) is 0 Å². The molecule has 3 heteroatoms. The molecule has 2 rings (SSSR count). The minimum Gasteiger partial charge on any atom is -0.342 e. The maximum atomic E-state index is 12.3. The summed E-state index contributed by atoms with van der Waals surface area (Å²) < 4.78 is 0. The molecule has 1 aliphatic heterocycles. The number of amides is 1. The van der Waals surface area contributed by atoms with Gasteiger partial charge < -0.3 is 4.90 Å². The van der Waals surface area contributed by atoms with E-state index < -0.39 is 0 Å². The Morgan fingerprint density at radius 1 is 1.42 bits per heavy atom. The SMILES string of the molecule is Cc1cccc(CC(=O)N2CCC(C(C)Br)CC2)c1. The molecule has 19 heavy (non-hydrogen) atoms. The molecule has 0 saturated carbocycles. The van der Waals surface area contributed by atoms with Crippen molar-refractivity contribution in [1.82, 2.24) is 4.90 Å². The fraction of sp³-hybridized carbons (Fsp3) is 0.562. The number of likely N-dealkylation sites (tertiary alicyclic amines) is 1. The summed E-state index contributed by atoms with van der Waals surface area (Å²) in [4.78, 5) is 14.8. The Bertz CT molecular complexity index is 436. The molecule has 0 aliphatic carbocycles. The van der Waals surface area contributed by atoms with Crippen molar-refractivity contribution in [3.05, 3.63) is 35.4 Å². The Morgan fingerprint density at radius 3 is 2.68 bits per heavy atom. The summed E-state index contributed by atoms with van der Waals surface area (Å²) in [6.45, 7) is 6.09. The fourth-order valence-corrected chi connectivity index (χ4v) is 3.25. The third kappa shape index (κ3) is 4.07. The molecule has 0 bridgehead atoms. The number of rotatable bonds is 3. The normalized spacial score (nSPS) is 18.4. The van der Waals surface area contributed by atoms with E-state index in [0.29, 0.717) is 17.2 Å². The van der Waals surface area contributed by atoms with Crippen molar-refractivity contribution in [1.29, 1.82) is 0 Å². The first kappa shape index (κ1) is 14.6. The largest absolute Gasteiger partial charge is 0.342 e. The van der Waals surface area contributed by atoms with Gasteiger partial charge >= 0.3 is 0 Å². The van der Waals surface area contributed by atoms with Crippen molar-refractivity contribution in [3.63, 3.8) is 0 Å². The lowest BCUT2D eigenvalue weighted by Crippen LogP contribution is -2.40. The second-order valence-electron chi connectivity index (χ2n) is 5.56. The van der Waals surface area contributed by atoms with Gasteiger partial charge in [0.2, 0.25) is 5.91 Å². The Kier molecular flexibility index (Phi) is 5.03. The molecule has 0 radical (unpaired) electrons. The van der Waals surface area contributed by atoms with Gasteiger partial charge in [-0.2, -0.15) is 0 Å². The van der Waals surface area contributed by atoms with Gasteiger partial charge in [0.05, 0.1) is 6.42 Å². The van der Waals surface area contributed by atoms with Gasteiger partial charge in [-0.05, 0) is 31.2 Å². The predicted octanol–water partition coefficient (Wildman–Crippen LogP) is 3.56. The van der Waals surface area contributed by atoms with E-state index in [1.807, 2.05) is 17.0 Å². The lowest BCUT2D eigenvalue weighted by molar-refractivity contribution is -0.131. The fourth-order valence-electron chi connectivity index (χ4n) is 2.72. The molecular formula is C16H22BrNO. The molecule has 1 aromatic rings. The van der Waals surface area contributed by atoms with Crippen molar-refractivity contribution in [2.75, 3.05) is 13.1 Å². The average Bonchev–Trinajstić information content (AvgIpc) is 2.39. The molecule has 1 unspecified atom stereocenters. The second-order valence-corrected chi connectivity index (χ2v) is 7.01. The van der Waals surface area contributed by atoms with Gasteiger partial charge in [-0.15, -0.1) is 0 Å². The lowest BCUT2D eigenvalue weighted by Gasteiger charge is -2.33. The molecule has 1 fully saturated rings. The number of carbonyl (C=O) groups excluding carboxylic acids is 1. The third-order valence-electron chi connectivity index (χ3n) is 3.98. The first-order valence-corrected chi connectivity index (χ1v) is 7.95. The topological polar surface area (TPSA) is 20.3 Å². The van der Waals surface area contributed by atoms with Crippen LogP contribution in [-0.4, -0.2) is 28.7 Å². The van der Waals surface area contributed by atoms with Crippen LogP contribution < -0.4 is 0 Å². The molecule has 1 atom stereocenters. The van der Waals surface area contributed by atoms with Crippen LogP contribution in [0.5, 0.6) is 0 Å². The molecular weight excluding hydrogens is 302 g/mol. The van der Waals surface area contributed by atoms with E-state index in [1.165, 1.54) is 5.56 Å². The molecule has 1 heterocycles. The summed E-state index contributed by atoms with van der Waals surface area (Å²) in [5.74, 6) is 0.981. The number of hydrogen-bond donors (Lipinski definition) is 0. The van der Waals surface area contributed by atoms with E-state index in [1.54, 1.807) is 0 Å². The third-order valence-corrected chi connectivity index (χ3v) is 4.73. The molecule has 0 spiro atoms. The standard InChI is InChI=1S/C16H22BrNO/c1-12-4-3-5-14(10-12)11-16(19)18-8-6-15(7-9-18)13(2)17/h3-5,10,13,15H,6-9,11H2,1-2H3. The zero-order valence-electron chi connectivity index (χ0n) is 11.7. The minimum absolute atomic E-state index is 0.270. The van der Waals surface area contributed by atoms with E-state index in [2.05, 4.69) is 41.9 Å². The van der Waals surface area contributed by atoms with Gasteiger partial charge in [0, 0.05) is 17.9 Å². The van der Waals surface area contributed by atoms with Crippen LogP contribution in [0.15, 0.2) is 24.3 Å². The summed E-state index contributed by atoms with van der Waals surface area (Å²) in [5.41, 5.74) is 2.35. The van der Waals surface area contributed by atoms with Gasteiger partial charge in [0.15, 0.2) is 0 Å². The van der Waals surface area contributed by atoms with Crippen molar-refractivity contribution in [2.24, 2.45) is 5.92 Å². The number of nitrogens with zero attached hydrogens (tertiary/aromatic N) is 1. The van der Waals surface area contributed by atoms with Crippen LogP contribution >= 0.6 is 15.9 Å².